The van der Waals surface area contributed by atoms with Gasteiger partial charge in [0, 0.05) is 37.6 Å². The standard InChI is InChI=1S/C29H26N4O/c1-33-20-25(32-29(33)22-12-6-3-7-13-22)15-9-8-14-23-18-24(21-10-4-2-5-11-21)19-26(27(23)34)28-30-16-17-31-28/h2-13,16-20,34H,14-15H2,1H3,(H,30,31)/b9-8-. The minimum Gasteiger partial charge on any atom is -0.507 e. The molecule has 168 valence electrons. The summed E-state index contributed by atoms with van der Waals surface area (Å²) in [6, 6.07) is 24.4. The third kappa shape index (κ3) is 4.55. The third-order valence-electron chi connectivity index (χ3n) is 5.84. The third-order valence-corrected chi connectivity index (χ3v) is 5.84. The van der Waals surface area contributed by atoms with Crippen LogP contribution in [0.2, 0.25) is 0 Å². The van der Waals surface area contributed by atoms with Crippen molar-refractivity contribution in [3.05, 3.63) is 115 Å². The van der Waals surface area contributed by atoms with Crippen LogP contribution in [0, 0.1) is 0 Å². The summed E-state index contributed by atoms with van der Waals surface area (Å²) in [6.45, 7) is 0. The molecule has 34 heavy (non-hydrogen) atoms. The zero-order chi connectivity index (χ0) is 23.3. The summed E-state index contributed by atoms with van der Waals surface area (Å²) >= 11 is 0. The van der Waals surface area contributed by atoms with Crippen LogP contribution in [0.15, 0.2) is 104 Å². The number of aromatic nitrogens is 4. The highest BCUT2D eigenvalue weighted by atomic mass is 16.3. The molecule has 5 heteroatoms. The first kappa shape index (κ1) is 21.5. The molecule has 5 nitrogen and oxygen atoms in total. The maximum Gasteiger partial charge on any atom is 0.141 e. The van der Waals surface area contributed by atoms with Gasteiger partial charge in [-0.3, -0.25) is 0 Å². The Morgan fingerprint density at radius 3 is 2.29 bits per heavy atom. The Morgan fingerprint density at radius 2 is 1.59 bits per heavy atom. The second-order valence-corrected chi connectivity index (χ2v) is 8.25. The van der Waals surface area contributed by atoms with Gasteiger partial charge >= 0.3 is 0 Å². The highest BCUT2D eigenvalue weighted by Gasteiger charge is 2.14. The molecule has 0 saturated carbocycles. The fraction of sp³-hybridized carbons (Fsp3) is 0.103. The average Bonchev–Trinajstić information content (AvgIpc) is 3.54. The van der Waals surface area contributed by atoms with Crippen LogP contribution in [0.4, 0.5) is 0 Å². The molecule has 5 rings (SSSR count). The number of phenols is 1. The number of aryl methyl sites for hydroxylation is 1. The smallest absolute Gasteiger partial charge is 0.141 e. The average molecular weight is 447 g/mol. The van der Waals surface area contributed by atoms with E-state index in [1.54, 1.807) is 12.4 Å². The van der Waals surface area contributed by atoms with Gasteiger partial charge in [0.2, 0.25) is 0 Å². The fourth-order valence-corrected chi connectivity index (χ4v) is 4.14. The predicted molar refractivity (Wildman–Crippen MR) is 136 cm³/mol. The molecule has 0 atom stereocenters. The van der Waals surface area contributed by atoms with E-state index in [0.717, 1.165) is 40.2 Å². The molecule has 0 fully saturated rings. The molecule has 0 unspecified atom stereocenters. The molecule has 0 spiro atoms. The van der Waals surface area contributed by atoms with Gasteiger partial charge in [-0.05, 0) is 35.2 Å². The van der Waals surface area contributed by atoms with Crippen molar-refractivity contribution in [1.82, 2.24) is 19.5 Å². The summed E-state index contributed by atoms with van der Waals surface area (Å²) in [5.74, 6) is 1.87. The van der Waals surface area contributed by atoms with Crippen molar-refractivity contribution in [1.29, 1.82) is 0 Å². The molecule has 5 aromatic rings. The number of phenolic OH excluding ortho intramolecular Hbond substituents is 1. The van der Waals surface area contributed by atoms with E-state index in [4.69, 9.17) is 4.98 Å². The van der Waals surface area contributed by atoms with Crippen LogP contribution in [0.3, 0.4) is 0 Å². The Morgan fingerprint density at radius 1 is 0.882 bits per heavy atom. The van der Waals surface area contributed by atoms with E-state index in [0.29, 0.717) is 17.8 Å². The summed E-state index contributed by atoms with van der Waals surface area (Å²) in [5, 5.41) is 11.0. The number of imidazole rings is 2. The maximum absolute atomic E-state index is 11.0. The van der Waals surface area contributed by atoms with Crippen molar-refractivity contribution in [2.45, 2.75) is 12.8 Å². The number of nitrogens with one attached hydrogen (secondary N) is 1. The second-order valence-electron chi connectivity index (χ2n) is 8.25. The first-order chi connectivity index (χ1) is 16.7. The number of aromatic hydroxyl groups is 1. The highest BCUT2D eigenvalue weighted by Crippen LogP contribution is 2.36. The normalized spacial score (nSPS) is 11.3. The topological polar surface area (TPSA) is 66.7 Å². The predicted octanol–water partition coefficient (Wildman–Crippen LogP) is 6.19. The van der Waals surface area contributed by atoms with Gasteiger partial charge in [0.1, 0.15) is 17.4 Å². The fourth-order valence-electron chi connectivity index (χ4n) is 4.14. The van der Waals surface area contributed by atoms with Gasteiger partial charge in [0.15, 0.2) is 0 Å². The Kier molecular flexibility index (Phi) is 6.08. The first-order valence-corrected chi connectivity index (χ1v) is 11.3. The lowest BCUT2D eigenvalue weighted by molar-refractivity contribution is 0.471. The van der Waals surface area contributed by atoms with Gasteiger partial charge < -0.3 is 14.7 Å². The lowest BCUT2D eigenvalue weighted by atomic mass is 9.96. The van der Waals surface area contributed by atoms with E-state index in [-0.39, 0.29) is 5.75 Å². The zero-order valence-electron chi connectivity index (χ0n) is 19.0. The van der Waals surface area contributed by atoms with Crippen molar-refractivity contribution in [2.75, 3.05) is 0 Å². The molecule has 2 aromatic heterocycles. The second kappa shape index (κ2) is 9.63. The highest BCUT2D eigenvalue weighted by molar-refractivity contribution is 5.76. The van der Waals surface area contributed by atoms with Crippen LogP contribution in [-0.2, 0) is 19.9 Å². The van der Waals surface area contributed by atoms with Crippen molar-refractivity contribution in [3.8, 4) is 39.7 Å². The largest absolute Gasteiger partial charge is 0.507 e. The van der Waals surface area contributed by atoms with E-state index in [1.807, 2.05) is 49.5 Å². The maximum atomic E-state index is 11.0. The Balaban J connectivity index is 1.38. The molecule has 0 radical (unpaired) electrons. The zero-order valence-corrected chi connectivity index (χ0v) is 19.0. The number of aromatic amines is 1. The SMILES string of the molecule is Cn1cc(C/C=C\Cc2cc(-c3ccccc3)cc(-c3ncc[nH]3)c2O)nc1-c1ccccc1. The van der Waals surface area contributed by atoms with Crippen LogP contribution >= 0.6 is 0 Å². The molecular weight excluding hydrogens is 420 g/mol. The molecule has 0 aliphatic carbocycles. The Hall–Kier alpha value is -4.38. The van der Waals surface area contributed by atoms with Crippen LogP contribution in [0.25, 0.3) is 33.9 Å². The number of rotatable bonds is 7. The number of H-pyrrole nitrogens is 1. The van der Waals surface area contributed by atoms with Crippen LogP contribution in [-0.4, -0.2) is 24.6 Å². The monoisotopic (exact) mass is 446 g/mol. The van der Waals surface area contributed by atoms with E-state index >= 15 is 0 Å². The van der Waals surface area contributed by atoms with Gasteiger partial charge in [0.05, 0.1) is 11.3 Å². The molecule has 0 saturated heterocycles. The number of allylic oxidation sites excluding steroid dienone is 2. The molecular formula is C29H26N4O. The van der Waals surface area contributed by atoms with Gasteiger partial charge in [-0.2, -0.15) is 0 Å². The van der Waals surface area contributed by atoms with Crippen LogP contribution < -0.4 is 0 Å². The van der Waals surface area contributed by atoms with Crippen molar-refractivity contribution >= 4 is 0 Å². The van der Waals surface area contributed by atoms with Crippen molar-refractivity contribution < 1.29 is 5.11 Å². The molecule has 0 aliphatic heterocycles. The Bertz CT molecular complexity index is 1400. The van der Waals surface area contributed by atoms with Gasteiger partial charge in [-0.25, -0.2) is 9.97 Å². The lowest BCUT2D eigenvalue weighted by Gasteiger charge is -2.11. The van der Waals surface area contributed by atoms with E-state index < -0.39 is 0 Å². The number of hydrogen-bond donors (Lipinski definition) is 2. The summed E-state index contributed by atoms with van der Waals surface area (Å²) in [6.07, 6.45) is 11.1. The van der Waals surface area contributed by atoms with Gasteiger partial charge in [-0.1, -0.05) is 72.8 Å². The minimum atomic E-state index is 0.253. The van der Waals surface area contributed by atoms with Crippen LogP contribution in [0.5, 0.6) is 5.75 Å². The van der Waals surface area contributed by atoms with E-state index in [2.05, 4.69) is 63.2 Å². The van der Waals surface area contributed by atoms with Gasteiger partial charge in [0.25, 0.3) is 0 Å². The van der Waals surface area contributed by atoms with Crippen molar-refractivity contribution in [2.24, 2.45) is 7.05 Å². The molecule has 2 heterocycles. The number of hydrogen-bond acceptors (Lipinski definition) is 3. The lowest BCUT2D eigenvalue weighted by Crippen LogP contribution is -1.91. The summed E-state index contributed by atoms with van der Waals surface area (Å²) in [5.41, 5.74) is 5.82. The molecule has 2 N–H and O–H groups in total. The Labute approximate surface area is 199 Å². The molecule has 0 amide bonds. The summed E-state index contributed by atoms with van der Waals surface area (Å²) in [7, 11) is 2.02. The van der Waals surface area contributed by atoms with E-state index in [1.165, 1.54) is 0 Å². The quantitative estimate of drug-likeness (QED) is 0.293. The number of nitrogens with zero attached hydrogens (tertiary/aromatic N) is 3. The summed E-state index contributed by atoms with van der Waals surface area (Å²) < 4.78 is 2.06. The minimum absolute atomic E-state index is 0.253. The van der Waals surface area contributed by atoms with Crippen LogP contribution in [0.1, 0.15) is 11.3 Å². The number of benzene rings is 3. The molecule has 3 aromatic carbocycles. The molecule has 0 aliphatic rings. The van der Waals surface area contributed by atoms with Crippen molar-refractivity contribution in [3.63, 3.8) is 0 Å². The molecule has 0 bridgehead atoms. The van der Waals surface area contributed by atoms with E-state index in [9.17, 15) is 5.11 Å². The van der Waals surface area contributed by atoms with Gasteiger partial charge in [-0.15, -0.1) is 0 Å². The summed E-state index contributed by atoms with van der Waals surface area (Å²) in [4.78, 5) is 12.3. The first-order valence-electron chi connectivity index (χ1n) is 11.3.